The zero-order valence-electron chi connectivity index (χ0n) is 46.5. The third-order valence-electron chi connectivity index (χ3n) is 12.5. The maximum atomic E-state index is 12.4. The molecule has 0 radical (unpaired) electrons. The third kappa shape index (κ3) is 21.6. The summed E-state index contributed by atoms with van der Waals surface area (Å²) >= 11 is 0. The van der Waals surface area contributed by atoms with Crippen molar-refractivity contribution < 1.29 is 226 Å². The van der Waals surface area contributed by atoms with Crippen LogP contribution in [0.3, 0.4) is 0 Å². The minimum absolute atomic E-state index is 0. The van der Waals surface area contributed by atoms with Crippen molar-refractivity contribution in [1.29, 1.82) is 0 Å². The number of nitrogens with zero attached hydrogens (tertiary/aromatic N) is 2. The van der Waals surface area contributed by atoms with E-state index in [9.17, 15) is 38.9 Å². The zero-order chi connectivity index (χ0) is 56.3. The zero-order valence-corrected chi connectivity index (χ0v) is 60.6. The second kappa shape index (κ2) is 35.3. The van der Waals surface area contributed by atoms with Gasteiger partial charge in [-0.05, 0) is 83.9 Å². The first-order chi connectivity index (χ1) is 35.0. The molecule has 19 nitrogen and oxygen atoms in total. The second-order valence-electron chi connectivity index (χ2n) is 18.1. The van der Waals surface area contributed by atoms with Crippen LogP contribution in [-0.4, -0.2) is 99.4 Å². The fourth-order valence-corrected chi connectivity index (χ4v) is 11.0. The molecule has 0 spiro atoms. The van der Waals surface area contributed by atoms with Crippen LogP contribution in [-0.2, 0) is 78.4 Å². The van der Waals surface area contributed by atoms with Crippen LogP contribution in [0.4, 0.5) is 11.4 Å². The summed E-state index contributed by atoms with van der Waals surface area (Å²) in [7, 11) is -20.3. The third-order valence-corrected chi connectivity index (χ3v) is 15.0. The Balaban J connectivity index is 0. The van der Waals surface area contributed by atoms with Crippen molar-refractivity contribution in [3.63, 3.8) is 0 Å². The number of carbonyl (C=O) groups excluding carboxylic acids is 2. The summed E-state index contributed by atoms with van der Waals surface area (Å²) in [6.45, 7) is 13.3. The van der Waals surface area contributed by atoms with Crippen molar-refractivity contribution in [2.45, 2.75) is 101 Å². The van der Waals surface area contributed by atoms with Crippen molar-refractivity contribution >= 4 is 102 Å². The Morgan fingerprint density at radius 2 is 1.31 bits per heavy atom. The predicted molar refractivity (Wildman–Crippen MR) is 273 cm³/mol. The average molecular weight is 1240 g/mol. The average Bonchev–Trinajstić information content (AvgIpc) is 3.66. The van der Waals surface area contributed by atoms with Gasteiger partial charge in [0.05, 0.1) is 35.8 Å². The monoisotopic (exact) mass is 1240 g/mol. The molecule has 29 heteroatoms. The largest absolute Gasteiger partial charge is 1.00 e. The van der Waals surface area contributed by atoms with Crippen LogP contribution in [0.15, 0.2) is 113 Å². The minimum Gasteiger partial charge on any atom is -0.754 e. The van der Waals surface area contributed by atoms with Crippen molar-refractivity contribution in [2.24, 2.45) is 0 Å². The molecule has 0 atom stereocenters. The Morgan fingerprint density at radius 1 is 0.713 bits per heavy atom. The summed E-state index contributed by atoms with van der Waals surface area (Å²) in [5, 5.41) is 2.12. The van der Waals surface area contributed by atoms with Crippen LogP contribution >= 0.6 is 0 Å². The van der Waals surface area contributed by atoms with Gasteiger partial charge in [-0.2, -0.15) is 32.4 Å². The van der Waals surface area contributed by atoms with Crippen molar-refractivity contribution in [2.75, 3.05) is 23.7 Å². The normalized spacial score (nSPS) is 14.3. The van der Waals surface area contributed by atoms with E-state index in [0.29, 0.717) is 28.4 Å². The SMILES string of the molecule is CCCCc1cccc(C(=C\C=C2\N(CCCS(=O)(=O)[O-])c3ccc4c(S(=O)(=O)[O-])c[c-]cc4c3C2(C)C)/C=C/C2=[N+](CCCC)c3ccc4[c-]cc(S(=O)(=O)[O-])cc4c3C2(C)C)c1.O=C=O.O=S(=O)=O.O=S(=O)=O.[Na+].[Na+].[Na+].[Na+].[Na+]. The molecule has 0 aromatic heterocycles. The van der Waals surface area contributed by atoms with E-state index >= 15 is 0 Å². The maximum absolute atomic E-state index is 12.4. The van der Waals surface area contributed by atoms with Gasteiger partial charge < -0.3 is 18.6 Å². The fourth-order valence-electron chi connectivity index (χ4n) is 9.44. The molecule has 0 saturated heterocycles. The van der Waals surface area contributed by atoms with Gasteiger partial charge in [0.25, 0.3) is 0 Å². The molecule has 2 aliphatic rings. The summed E-state index contributed by atoms with van der Waals surface area (Å²) in [6.07, 6.45) is 13.2. The molecule has 0 amide bonds. The van der Waals surface area contributed by atoms with Gasteiger partial charge in [0, 0.05) is 47.2 Å². The number of rotatable bonds is 16. The molecule has 402 valence electrons. The molecular weight excluding hydrogens is 1190 g/mol. The first kappa shape index (κ1) is 80.7. The Hall–Kier alpha value is -1.34. The van der Waals surface area contributed by atoms with E-state index < -0.39 is 68.2 Å². The molecule has 0 unspecified atom stereocenters. The van der Waals surface area contributed by atoms with E-state index in [1.165, 1.54) is 23.8 Å². The number of hydrogen-bond donors (Lipinski definition) is 0. The quantitative estimate of drug-likeness (QED) is 0.0291. The molecule has 0 N–H and O–H groups in total. The van der Waals surface area contributed by atoms with Crippen LogP contribution in [0.25, 0.3) is 27.1 Å². The molecule has 0 saturated carbocycles. The number of anilines is 1. The Morgan fingerprint density at radius 3 is 1.86 bits per heavy atom. The topological polar surface area (TPSA) is 314 Å². The molecule has 0 bridgehead atoms. The number of unbranched alkanes of at least 4 members (excludes halogenated alkanes) is 2. The number of benzene rings is 5. The summed E-state index contributed by atoms with van der Waals surface area (Å²) < 4.78 is 162. The van der Waals surface area contributed by atoms with Gasteiger partial charge in [-0.1, -0.05) is 87.9 Å². The van der Waals surface area contributed by atoms with Crippen molar-refractivity contribution in [3.05, 3.63) is 137 Å². The smallest absolute Gasteiger partial charge is 0.754 e. The molecule has 80 heavy (non-hydrogen) atoms. The molecule has 5 aromatic rings. The molecule has 2 heterocycles. The van der Waals surface area contributed by atoms with Gasteiger partial charge in [-0.25, -0.2) is 16.8 Å². The van der Waals surface area contributed by atoms with Crippen molar-refractivity contribution in [1.82, 2.24) is 0 Å². The van der Waals surface area contributed by atoms with Gasteiger partial charge in [-0.15, -0.1) is 65.7 Å². The van der Waals surface area contributed by atoms with E-state index in [-0.39, 0.29) is 182 Å². The maximum Gasteiger partial charge on any atom is 1.00 e. The van der Waals surface area contributed by atoms with E-state index in [4.69, 9.17) is 34.8 Å². The summed E-state index contributed by atoms with van der Waals surface area (Å²) in [5.41, 5.74) is 6.50. The van der Waals surface area contributed by atoms with Gasteiger partial charge in [-0.3, -0.25) is 8.42 Å². The molecule has 7 rings (SSSR count). The van der Waals surface area contributed by atoms with Crippen molar-refractivity contribution in [3.8, 4) is 0 Å². The predicted octanol–water partition coefficient (Wildman–Crippen LogP) is -8.39. The van der Waals surface area contributed by atoms with Crippen LogP contribution in [0, 0.1) is 12.1 Å². The van der Waals surface area contributed by atoms with Gasteiger partial charge >= 0.3 is 175 Å². The summed E-state index contributed by atoms with van der Waals surface area (Å²) in [5.74, 6) is -0.576. The second-order valence-corrected chi connectivity index (χ2v) is 23.2. The van der Waals surface area contributed by atoms with Gasteiger partial charge in [0.15, 0.2) is 11.4 Å². The number of aryl methyl sites for hydroxylation is 1. The fraction of sp³-hybridized carbons (Fsp3) is 0.333. The van der Waals surface area contributed by atoms with Crippen LogP contribution in [0.2, 0.25) is 0 Å². The van der Waals surface area contributed by atoms with E-state index in [0.717, 1.165) is 71.5 Å². The number of hydrogen-bond acceptors (Lipinski definition) is 18. The van der Waals surface area contributed by atoms with Gasteiger partial charge in [0.1, 0.15) is 6.54 Å². The Labute approximate surface area is 581 Å². The molecule has 0 fully saturated rings. The molecular formula is C51H52N2Na5O17S5+. The molecule has 2 aliphatic heterocycles. The van der Waals surface area contributed by atoms with Gasteiger partial charge in [0.2, 0.25) is 0 Å². The molecule has 0 aliphatic carbocycles. The Bertz CT molecular complexity index is 3730. The first-order valence-electron chi connectivity index (χ1n) is 22.9. The number of allylic oxidation sites excluding steroid dienone is 6. The number of fused-ring (bicyclic) bond motifs is 6. The standard InChI is InChI=1S/C50H55N2O9S3.CO2.5Na.2O3S/c1-7-9-14-34-15-11-16-37(32-34)35(22-28-46-50(5,6)48-41-33-38(63(56,57)58)23-19-36(41)20-25-42(48)51(46)29-10-8-2)21-27-45-49(3,4)47-40-17-12-18-44(64(59,60)61)39(40)24-26-43(47)52(45)30-13-31-62(53,54)55;2-1-3;;;;;;2*1-4(2)3/h11,15-18,20-28,32-33H,7-10,13-14,29-31H2,1-6H3,(H,53,54,55)(H,56,57,58)(H,59,60,61);;;;;;;;/q-1;;5*+1;;/p-3. The van der Waals surface area contributed by atoms with E-state index in [2.05, 4.69) is 68.7 Å². The summed E-state index contributed by atoms with van der Waals surface area (Å²) in [6, 6.07) is 27.0. The van der Waals surface area contributed by atoms with Crippen LogP contribution in [0.5, 0.6) is 0 Å². The molecule has 5 aromatic carbocycles. The summed E-state index contributed by atoms with van der Waals surface area (Å²) in [4.78, 5) is 17.5. The van der Waals surface area contributed by atoms with Crippen LogP contribution < -0.4 is 153 Å². The minimum atomic E-state index is -4.84. The first-order valence-corrected chi connectivity index (χ1v) is 29.3. The van der Waals surface area contributed by atoms with Crippen LogP contribution in [0.1, 0.15) is 95.9 Å². The van der Waals surface area contributed by atoms with E-state index in [1.807, 2.05) is 55.2 Å². The van der Waals surface area contributed by atoms with E-state index in [1.54, 1.807) is 18.2 Å². The Kier molecular flexibility index (Phi) is 35.6.